The Labute approximate surface area is 185 Å². The molecule has 31 heavy (non-hydrogen) atoms. The number of imidazole rings is 1. The first-order valence-corrected chi connectivity index (χ1v) is 10.8. The van der Waals surface area contributed by atoms with E-state index in [9.17, 15) is 14.4 Å². The highest BCUT2D eigenvalue weighted by Crippen LogP contribution is 2.22. The van der Waals surface area contributed by atoms with Crippen molar-refractivity contribution in [1.29, 1.82) is 0 Å². The SMILES string of the molecule is CC.CC(C)(C)C(=O)OCn1cnc(CCN2C(=O)c3ccccc3C2=O)c1.CCC. The van der Waals surface area contributed by atoms with Crippen LogP contribution in [0.2, 0.25) is 0 Å². The van der Waals surface area contributed by atoms with Gasteiger partial charge in [-0.15, -0.1) is 0 Å². The molecule has 2 heterocycles. The molecule has 1 aromatic carbocycles. The minimum atomic E-state index is -0.561. The summed E-state index contributed by atoms with van der Waals surface area (Å²) in [7, 11) is 0. The predicted octanol–water partition coefficient (Wildman–Crippen LogP) is 4.71. The third-order valence-electron chi connectivity index (χ3n) is 4.11. The molecule has 0 atom stereocenters. The van der Waals surface area contributed by atoms with Crippen molar-refractivity contribution >= 4 is 17.8 Å². The highest BCUT2D eigenvalue weighted by Gasteiger charge is 2.34. The van der Waals surface area contributed by atoms with Crippen LogP contribution in [0, 0.1) is 5.41 Å². The lowest BCUT2D eigenvalue weighted by molar-refractivity contribution is -0.156. The molecule has 0 unspecified atom stereocenters. The molecule has 170 valence electrons. The van der Waals surface area contributed by atoms with Gasteiger partial charge in [-0.2, -0.15) is 0 Å². The van der Waals surface area contributed by atoms with Crippen LogP contribution in [0.4, 0.5) is 0 Å². The molecule has 0 spiro atoms. The highest BCUT2D eigenvalue weighted by atomic mass is 16.5. The minimum Gasteiger partial charge on any atom is -0.443 e. The van der Waals surface area contributed by atoms with Crippen LogP contribution in [0.3, 0.4) is 0 Å². The number of nitrogens with zero attached hydrogens (tertiary/aromatic N) is 3. The Balaban J connectivity index is 0.000000884. The number of benzene rings is 1. The van der Waals surface area contributed by atoms with E-state index in [2.05, 4.69) is 18.8 Å². The molecule has 0 aliphatic carbocycles. The molecule has 0 radical (unpaired) electrons. The predicted molar refractivity (Wildman–Crippen MR) is 121 cm³/mol. The first kappa shape index (κ1) is 26.1. The van der Waals surface area contributed by atoms with Gasteiger partial charge in [0.25, 0.3) is 11.8 Å². The van der Waals surface area contributed by atoms with Gasteiger partial charge in [-0.05, 0) is 32.9 Å². The third-order valence-corrected chi connectivity index (χ3v) is 4.11. The Kier molecular flexibility index (Phi) is 10.1. The maximum Gasteiger partial charge on any atom is 0.312 e. The Morgan fingerprint density at radius 3 is 2.03 bits per heavy atom. The van der Waals surface area contributed by atoms with Crippen molar-refractivity contribution in [3.8, 4) is 0 Å². The number of aromatic nitrogens is 2. The monoisotopic (exact) mass is 429 g/mol. The van der Waals surface area contributed by atoms with Gasteiger partial charge in [0.15, 0.2) is 6.73 Å². The topological polar surface area (TPSA) is 81.5 Å². The molecule has 2 amide bonds. The number of fused-ring (bicyclic) bond motifs is 1. The fourth-order valence-corrected chi connectivity index (χ4v) is 2.62. The molecule has 0 N–H and O–H groups in total. The molecule has 0 fully saturated rings. The summed E-state index contributed by atoms with van der Waals surface area (Å²) in [6, 6.07) is 6.81. The van der Waals surface area contributed by atoms with Crippen LogP contribution in [0.5, 0.6) is 0 Å². The number of imide groups is 1. The zero-order valence-electron chi connectivity index (χ0n) is 19.8. The van der Waals surface area contributed by atoms with Crippen molar-refractivity contribution < 1.29 is 19.1 Å². The van der Waals surface area contributed by atoms with E-state index in [4.69, 9.17) is 4.74 Å². The van der Waals surface area contributed by atoms with E-state index in [1.54, 1.807) is 62.1 Å². The van der Waals surface area contributed by atoms with Gasteiger partial charge in [-0.25, -0.2) is 4.98 Å². The minimum absolute atomic E-state index is 0.0795. The number of carbonyl (C=O) groups excluding carboxylic acids is 3. The molecule has 2 aromatic rings. The molecule has 1 aromatic heterocycles. The fraction of sp³-hybridized carbons (Fsp3) is 0.500. The van der Waals surface area contributed by atoms with Crippen LogP contribution in [-0.4, -0.2) is 38.8 Å². The van der Waals surface area contributed by atoms with E-state index in [-0.39, 0.29) is 31.1 Å². The van der Waals surface area contributed by atoms with Gasteiger partial charge in [-0.3, -0.25) is 19.3 Å². The van der Waals surface area contributed by atoms with Crippen LogP contribution in [0.1, 0.15) is 81.3 Å². The maximum atomic E-state index is 12.3. The quantitative estimate of drug-likeness (QED) is 0.508. The van der Waals surface area contributed by atoms with E-state index < -0.39 is 5.41 Å². The summed E-state index contributed by atoms with van der Waals surface area (Å²) in [5.41, 5.74) is 1.04. The summed E-state index contributed by atoms with van der Waals surface area (Å²) < 4.78 is 6.88. The van der Waals surface area contributed by atoms with E-state index in [0.717, 1.165) is 0 Å². The van der Waals surface area contributed by atoms with Gasteiger partial charge < -0.3 is 9.30 Å². The largest absolute Gasteiger partial charge is 0.443 e. The zero-order valence-corrected chi connectivity index (χ0v) is 19.8. The zero-order chi connectivity index (χ0) is 23.6. The molecule has 1 aliphatic heterocycles. The van der Waals surface area contributed by atoms with Crippen molar-refractivity contribution in [2.75, 3.05) is 6.54 Å². The number of esters is 1. The summed E-state index contributed by atoms with van der Waals surface area (Å²) in [6.45, 7) is 13.9. The summed E-state index contributed by atoms with van der Waals surface area (Å²) in [6.07, 6.45) is 4.99. The van der Waals surface area contributed by atoms with Gasteiger partial charge in [0, 0.05) is 19.2 Å². The molecule has 0 bridgehead atoms. The Morgan fingerprint density at radius 2 is 1.55 bits per heavy atom. The third kappa shape index (κ3) is 7.05. The molecular weight excluding hydrogens is 394 g/mol. The van der Waals surface area contributed by atoms with Gasteiger partial charge >= 0.3 is 5.97 Å². The number of ether oxygens (including phenoxy) is 1. The van der Waals surface area contributed by atoms with Crippen LogP contribution in [-0.2, 0) is 22.7 Å². The number of rotatable bonds is 5. The average molecular weight is 430 g/mol. The van der Waals surface area contributed by atoms with Gasteiger partial charge in [0.05, 0.1) is 28.6 Å². The summed E-state index contributed by atoms with van der Waals surface area (Å²) in [5.74, 6) is -0.841. The second kappa shape index (κ2) is 12.0. The maximum absolute atomic E-state index is 12.3. The Morgan fingerprint density at radius 1 is 1.03 bits per heavy atom. The summed E-state index contributed by atoms with van der Waals surface area (Å²) >= 11 is 0. The van der Waals surface area contributed by atoms with Crippen LogP contribution in [0.25, 0.3) is 0 Å². The molecular formula is C24H35N3O4. The van der Waals surface area contributed by atoms with Crippen LogP contribution in [0.15, 0.2) is 36.8 Å². The van der Waals surface area contributed by atoms with Crippen molar-refractivity contribution in [2.24, 2.45) is 5.41 Å². The number of amides is 2. The van der Waals surface area contributed by atoms with Gasteiger partial charge in [0.1, 0.15) is 0 Å². The lowest BCUT2D eigenvalue weighted by Crippen LogP contribution is -2.31. The standard InChI is InChI=1S/C19H21N3O4.C3H8.C2H6/c1-19(2,3)18(25)26-12-21-10-13(20-11-21)8-9-22-16(23)14-6-4-5-7-15(14)17(22)24;1-3-2;1-2/h4-7,10-11H,8-9,12H2,1-3H3;3H2,1-2H3;1-2H3. The molecule has 3 rings (SSSR count). The highest BCUT2D eigenvalue weighted by molar-refractivity contribution is 6.21. The van der Waals surface area contributed by atoms with Crippen LogP contribution < -0.4 is 0 Å². The fourth-order valence-electron chi connectivity index (χ4n) is 2.62. The number of carbonyl (C=O) groups is 3. The Bertz CT molecular complexity index is 846. The van der Waals surface area contributed by atoms with E-state index in [1.165, 1.54) is 11.3 Å². The number of hydrogen-bond acceptors (Lipinski definition) is 5. The van der Waals surface area contributed by atoms with E-state index >= 15 is 0 Å². The van der Waals surface area contributed by atoms with E-state index in [0.29, 0.717) is 23.2 Å². The Hall–Kier alpha value is -2.96. The normalized spacial score (nSPS) is 12.4. The average Bonchev–Trinajstić information content (AvgIpc) is 3.29. The first-order valence-electron chi connectivity index (χ1n) is 10.8. The van der Waals surface area contributed by atoms with Gasteiger partial charge in [-0.1, -0.05) is 46.2 Å². The lowest BCUT2D eigenvalue weighted by Gasteiger charge is -2.16. The van der Waals surface area contributed by atoms with Crippen molar-refractivity contribution in [2.45, 2.75) is 68.0 Å². The second-order valence-electron chi connectivity index (χ2n) is 7.95. The van der Waals surface area contributed by atoms with E-state index in [1.807, 2.05) is 13.8 Å². The van der Waals surface area contributed by atoms with Crippen molar-refractivity contribution in [1.82, 2.24) is 14.5 Å². The number of hydrogen-bond donors (Lipinski definition) is 0. The summed E-state index contributed by atoms with van der Waals surface area (Å²) in [4.78, 5) is 41.9. The van der Waals surface area contributed by atoms with Crippen LogP contribution >= 0.6 is 0 Å². The smallest absolute Gasteiger partial charge is 0.312 e. The van der Waals surface area contributed by atoms with Crippen molar-refractivity contribution in [3.63, 3.8) is 0 Å². The summed E-state index contributed by atoms with van der Waals surface area (Å²) in [5, 5.41) is 0. The van der Waals surface area contributed by atoms with Crippen molar-refractivity contribution in [3.05, 3.63) is 53.6 Å². The van der Waals surface area contributed by atoms with Gasteiger partial charge in [0.2, 0.25) is 0 Å². The lowest BCUT2D eigenvalue weighted by atomic mass is 9.98. The molecule has 7 nitrogen and oxygen atoms in total. The molecule has 0 saturated carbocycles. The first-order chi connectivity index (χ1) is 14.7. The molecule has 7 heteroatoms. The molecule has 1 aliphatic rings. The molecule has 0 saturated heterocycles. The second-order valence-corrected chi connectivity index (χ2v) is 7.95.